The molecule has 2 N–H and O–H groups in total. The molecule has 0 aliphatic carbocycles. The molecule has 2 aromatic carbocycles. The zero-order valence-electron chi connectivity index (χ0n) is 12.9. The second-order valence-corrected chi connectivity index (χ2v) is 6.52. The lowest BCUT2D eigenvalue weighted by atomic mass is 10.1. The van der Waals surface area contributed by atoms with Crippen molar-refractivity contribution in [2.45, 2.75) is 13.0 Å². The van der Waals surface area contributed by atoms with E-state index in [0.717, 1.165) is 21.1 Å². The minimum absolute atomic E-state index is 0.130. The molecule has 118 valence electrons. The molecule has 3 rings (SSSR count). The number of rotatable bonds is 4. The first kappa shape index (κ1) is 15.7. The van der Waals surface area contributed by atoms with E-state index < -0.39 is 0 Å². The van der Waals surface area contributed by atoms with Gasteiger partial charge in [-0.1, -0.05) is 41.7 Å². The number of thiocarbonyl (C=S) groups is 1. The first-order valence-corrected chi connectivity index (χ1v) is 8.45. The van der Waals surface area contributed by atoms with Crippen LogP contribution in [0.2, 0.25) is 0 Å². The molecule has 0 aliphatic rings. The fraction of sp³-hybridized carbons (Fsp3) is 0.176. The number of benzene rings is 2. The third kappa shape index (κ3) is 3.78. The van der Waals surface area contributed by atoms with Crippen molar-refractivity contribution in [3.8, 4) is 5.75 Å². The zero-order chi connectivity index (χ0) is 16.2. The first-order chi connectivity index (χ1) is 11.2. The van der Waals surface area contributed by atoms with Crippen molar-refractivity contribution in [2.24, 2.45) is 0 Å². The van der Waals surface area contributed by atoms with Crippen molar-refractivity contribution in [1.29, 1.82) is 0 Å². The first-order valence-electron chi connectivity index (χ1n) is 7.23. The average molecular weight is 343 g/mol. The number of nitrogens with zero attached hydrogens (tertiary/aromatic N) is 1. The topological polar surface area (TPSA) is 46.2 Å². The third-order valence-electron chi connectivity index (χ3n) is 3.46. The minimum Gasteiger partial charge on any atom is -0.497 e. The van der Waals surface area contributed by atoms with Gasteiger partial charge in [0.2, 0.25) is 0 Å². The maximum Gasteiger partial charge on any atom is 0.190 e. The SMILES string of the molecule is COc1ccc2nc(NC(=S)N[C@H](C)c3ccccc3)sc2c1. The van der Waals surface area contributed by atoms with Gasteiger partial charge in [-0.2, -0.15) is 0 Å². The lowest BCUT2D eigenvalue weighted by Crippen LogP contribution is -2.30. The van der Waals surface area contributed by atoms with Crippen LogP contribution in [0.3, 0.4) is 0 Å². The normalized spacial score (nSPS) is 11.9. The highest BCUT2D eigenvalue weighted by Crippen LogP contribution is 2.29. The Balaban J connectivity index is 1.68. The number of fused-ring (bicyclic) bond motifs is 1. The highest BCUT2D eigenvalue weighted by atomic mass is 32.1. The number of hydrogen-bond acceptors (Lipinski definition) is 4. The third-order valence-corrected chi connectivity index (χ3v) is 4.62. The summed E-state index contributed by atoms with van der Waals surface area (Å²) < 4.78 is 6.30. The molecular weight excluding hydrogens is 326 g/mol. The van der Waals surface area contributed by atoms with Crippen LogP contribution >= 0.6 is 23.6 Å². The van der Waals surface area contributed by atoms with Crippen LogP contribution in [-0.4, -0.2) is 17.2 Å². The van der Waals surface area contributed by atoms with Crippen molar-refractivity contribution in [2.75, 3.05) is 12.4 Å². The van der Waals surface area contributed by atoms with Crippen molar-refractivity contribution in [1.82, 2.24) is 10.3 Å². The molecule has 0 spiro atoms. The van der Waals surface area contributed by atoms with E-state index in [-0.39, 0.29) is 6.04 Å². The highest BCUT2D eigenvalue weighted by Gasteiger charge is 2.09. The molecule has 0 unspecified atom stereocenters. The summed E-state index contributed by atoms with van der Waals surface area (Å²) in [5.74, 6) is 0.825. The van der Waals surface area contributed by atoms with Gasteiger partial charge in [-0.3, -0.25) is 0 Å². The van der Waals surface area contributed by atoms with Crippen LogP contribution in [0.15, 0.2) is 48.5 Å². The molecule has 0 bridgehead atoms. The molecule has 0 aliphatic heterocycles. The molecule has 0 radical (unpaired) electrons. The molecular formula is C17H17N3OS2. The van der Waals surface area contributed by atoms with Crippen molar-refractivity contribution in [3.63, 3.8) is 0 Å². The van der Waals surface area contributed by atoms with Crippen molar-refractivity contribution < 1.29 is 4.74 Å². The van der Waals surface area contributed by atoms with E-state index in [0.29, 0.717) is 5.11 Å². The molecule has 4 nitrogen and oxygen atoms in total. The van der Waals surface area contributed by atoms with Crippen molar-refractivity contribution >= 4 is 44.0 Å². The predicted molar refractivity (Wildman–Crippen MR) is 100 cm³/mol. The standard InChI is InChI=1S/C17H17N3OS2/c1-11(12-6-4-3-5-7-12)18-16(22)20-17-19-14-9-8-13(21-2)10-15(14)23-17/h3-11H,1-2H3,(H2,18,19,20,22)/t11-/m1/s1. The van der Waals surface area contributed by atoms with E-state index in [1.807, 2.05) is 36.4 Å². The highest BCUT2D eigenvalue weighted by molar-refractivity contribution is 7.80. The summed E-state index contributed by atoms with van der Waals surface area (Å²) in [4.78, 5) is 4.53. The summed E-state index contributed by atoms with van der Waals surface area (Å²) in [6, 6.07) is 16.1. The van der Waals surface area contributed by atoms with Crippen LogP contribution < -0.4 is 15.4 Å². The maximum absolute atomic E-state index is 5.39. The Kier molecular flexibility index (Phi) is 4.73. The van der Waals surface area contributed by atoms with E-state index in [2.05, 4.69) is 34.7 Å². The van der Waals surface area contributed by atoms with Crippen LogP contribution in [0.4, 0.5) is 5.13 Å². The zero-order valence-corrected chi connectivity index (χ0v) is 14.5. The van der Waals surface area contributed by atoms with Crippen LogP contribution in [0.25, 0.3) is 10.2 Å². The molecule has 1 atom stereocenters. The van der Waals surface area contributed by atoms with Gasteiger partial charge in [-0.15, -0.1) is 0 Å². The Bertz CT molecular complexity index is 817. The van der Waals surface area contributed by atoms with Gasteiger partial charge in [0.1, 0.15) is 5.75 Å². The quantitative estimate of drug-likeness (QED) is 0.690. The van der Waals surface area contributed by atoms with Gasteiger partial charge in [-0.25, -0.2) is 4.98 Å². The van der Waals surface area contributed by atoms with Gasteiger partial charge < -0.3 is 15.4 Å². The van der Waals surface area contributed by atoms with Crippen LogP contribution in [0, 0.1) is 0 Å². The molecule has 6 heteroatoms. The summed E-state index contributed by atoms with van der Waals surface area (Å²) in [5.41, 5.74) is 2.11. The van der Waals surface area contributed by atoms with Crippen LogP contribution in [0.5, 0.6) is 5.75 Å². The Hall–Kier alpha value is -2.18. The number of aromatic nitrogens is 1. The molecule has 0 saturated carbocycles. The van der Waals surface area contributed by atoms with E-state index in [1.165, 1.54) is 5.56 Å². The number of methoxy groups -OCH3 is 1. The molecule has 3 aromatic rings. The summed E-state index contributed by atoms with van der Waals surface area (Å²) in [6.45, 7) is 2.08. The smallest absolute Gasteiger partial charge is 0.190 e. The largest absolute Gasteiger partial charge is 0.497 e. The Morgan fingerprint density at radius 3 is 2.74 bits per heavy atom. The van der Waals surface area contributed by atoms with Gasteiger partial charge in [0, 0.05) is 0 Å². The second kappa shape index (κ2) is 6.93. The summed E-state index contributed by atoms with van der Waals surface area (Å²) in [7, 11) is 1.66. The molecule has 1 heterocycles. The Morgan fingerprint density at radius 2 is 2.00 bits per heavy atom. The monoisotopic (exact) mass is 343 g/mol. The molecule has 0 amide bonds. The van der Waals surface area contributed by atoms with E-state index in [1.54, 1.807) is 18.4 Å². The number of thiazole rings is 1. The number of anilines is 1. The molecule has 1 aromatic heterocycles. The predicted octanol–water partition coefficient (Wildman–Crippen LogP) is 4.35. The van der Waals surface area contributed by atoms with E-state index >= 15 is 0 Å². The fourth-order valence-electron chi connectivity index (χ4n) is 2.24. The number of ether oxygens (including phenoxy) is 1. The van der Waals surface area contributed by atoms with Gasteiger partial charge in [0.25, 0.3) is 0 Å². The van der Waals surface area contributed by atoms with Gasteiger partial charge in [0.15, 0.2) is 10.2 Å². The van der Waals surface area contributed by atoms with Crippen LogP contribution in [0.1, 0.15) is 18.5 Å². The number of hydrogen-bond donors (Lipinski definition) is 2. The fourth-order valence-corrected chi connectivity index (χ4v) is 3.48. The van der Waals surface area contributed by atoms with E-state index in [4.69, 9.17) is 17.0 Å². The summed E-state index contributed by atoms with van der Waals surface area (Å²) >= 11 is 6.93. The van der Waals surface area contributed by atoms with E-state index in [9.17, 15) is 0 Å². The minimum atomic E-state index is 0.130. The van der Waals surface area contributed by atoms with Crippen molar-refractivity contribution in [3.05, 3.63) is 54.1 Å². The van der Waals surface area contributed by atoms with Gasteiger partial charge in [0.05, 0.1) is 23.4 Å². The maximum atomic E-state index is 5.39. The van der Waals surface area contributed by atoms with Crippen LogP contribution in [-0.2, 0) is 0 Å². The number of nitrogens with one attached hydrogen (secondary N) is 2. The Morgan fingerprint density at radius 1 is 1.22 bits per heavy atom. The van der Waals surface area contributed by atoms with Gasteiger partial charge in [-0.05, 0) is 42.9 Å². The second-order valence-electron chi connectivity index (χ2n) is 5.08. The average Bonchev–Trinajstić information content (AvgIpc) is 2.96. The summed E-state index contributed by atoms with van der Waals surface area (Å²) in [6.07, 6.45) is 0. The molecule has 0 saturated heterocycles. The Labute approximate surface area is 144 Å². The molecule has 0 fully saturated rings. The van der Waals surface area contributed by atoms with Gasteiger partial charge >= 0.3 is 0 Å². The lowest BCUT2D eigenvalue weighted by Gasteiger charge is -2.16. The lowest BCUT2D eigenvalue weighted by molar-refractivity contribution is 0.415. The molecule has 23 heavy (non-hydrogen) atoms. The summed E-state index contributed by atoms with van der Waals surface area (Å²) in [5, 5.41) is 7.76.